The van der Waals surface area contributed by atoms with Crippen molar-refractivity contribution in [2.75, 3.05) is 0 Å². The van der Waals surface area contributed by atoms with Crippen LogP contribution in [0.3, 0.4) is 0 Å². The van der Waals surface area contributed by atoms with Crippen LogP contribution in [0, 0.1) is 0 Å². The van der Waals surface area contributed by atoms with Crippen LogP contribution in [0.15, 0.2) is 115 Å². The molecule has 0 amide bonds. The zero-order chi connectivity index (χ0) is 21.7. The highest BCUT2D eigenvalue weighted by Crippen LogP contribution is 2.41. The molecule has 0 aliphatic carbocycles. The molecule has 2 aromatic heterocycles. The molecular weight excluding hydrogens is 410 g/mol. The van der Waals surface area contributed by atoms with E-state index in [1.807, 2.05) is 6.07 Å². The molecule has 2 aromatic carbocycles. The fraction of sp³-hybridized carbons (Fsp3) is 0.0833. The highest BCUT2D eigenvalue weighted by atomic mass is 32.2. The van der Waals surface area contributed by atoms with Crippen LogP contribution in [0.2, 0.25) is 0 Å². The van der Waals surface area contributed by atoms with E-state index in [0.717, 1.165) is 0 Å². The number of rotatable bonds is 7. The normalized spacial score (nSPS) is 12.9. The first-order valence-corrected chi connectivity index (χ1v) is 11.2. The second-order valence-electron chi connectivity index (χ2n) is 7.03. The van der Waals surface area contributed by atoms with Crippen molar-refractivity contribution in [1.29, 1.82) is 0 Å². The van der Waals surface area contributed by atoms with Crippen LogP contribution in [0.4, 0.5) is 0 Å². The van der Waals surface area contributed by atoms with Crippen LogP contribution in [-0.2, 0) is 15.6 Å². The fourth-order valence-electron chi connectivity index (χ4n) is 3.54. The minimum Gasteiger partial charge on any atom is -0.378 e. The Bertz CT molecular complexity index is 1180. The average molecular weight is 432 g/mol. The molecule has 1 atom stereocenters. The van der Waals surface area contributed by atoms with Crippen LogP contribution in [-0.4, -0.2) is 23.5 Å². The van der Waals surface area contributed by atoms with Crippen molar-refractivity contribution in [1.82, 2.24) is 14.7 Å². The number of hydrogen-bond acceptors (Lipinski definition) is 5. The smallest absolute Gasteiger partial charge is 0.241 e. The van der Waals surface area contributed by atoms with Gasteiger partial charge in [0.25, 0.3) is 0 Å². The summed E-state index contributed by atoms with van der Waals surface area (Å²) in [6.07, 6.45) is 6.25. The van der Waals surface area contributed by atoms with Crippen molar-refractivity contribution in [3.05, 3.63) is 126 Å². The molecule has 31 heavy (non-hydrogen) atoms. The van der Waals surface area contributed by atoms with Gasteiger partial charge in [-0.25, -0.2) is 8.42 Å². The lowest BCUT2D eigenvalue weighted by molar-refractivity contribution is 0.0442. The van der Waals surface area contributed by atoms with Gasteiger partial charge in [0.05, 0.1) is 10.9 Å². The number of nitrogens with zero attached hydrogens (tertiary/aromatic N) is 2. The molecule has 2 N–H and O–H groups in total. The van der Waals surface area contributed by atoms with Gasteiger partial charge >= 0.3 is 0 Å². The zero-order valence-electron chi connectivity index (χ0n) is 16.5. The molecule has 0 aliphatic heterocycles. The maximum atomic E-state index is 13.3. The van der Waals surface area contributed by atoms with Gasteiger partial charge in [0.1, 0.15) is 5.60 Å². The summed E-state index contributed by atoms with van der Waals surface area (Å²) in [7, 11) is -3.96. The highest BCUT2D eigenvalue weighted by Gasteiger charge is 2.44. The lowest BCUT2D eigenvalue weighted by atomic mass is 9.79. The Balaban J connectivity index is 1.92. The number of pyridine rings is 2. The molecule has 0 saturated carbocycles. The van der Waals surface area contributed by atoms with E-state index >= 15 is 0 Å². The topological polar surface area (TPSA) is 92.2 Å². The molecule has 0 aliphatic rings. The molecule has 7 heteroatoms. The van der Waals surface area contributed by atoms with Crippen molar-refractivity contribution >= 4 is 10.0 Å². The van der Waals surface area contributed by atoms with E-state index in [1.165, 1.54) is 24.5 Å². The van der Waals surface area contributed by atoms with Gasteiger partial charge in [0.2, 0.25) is 10.0 Å². The molecule has 0 bridgehead atoms. The largest absolute Gasteiger partial charge is 0.378 e. The van der Waals surface area contributed by atoms with Crippen molar-refractivity contribution in [2.24, 2.45) is 0 Å². The van der Waals surface area contributed by atoms with Crippen LogP contribution >= 0.6 is 0 Å². The Morgan fingerprint density at radius 3 is 1.74 bits per heavy atom. The second-order valence-corrected chi connectivity index (χ2v) is 8.74. The van der Waals surface area contributed by atoms with E-state index in [1.54, 1.807) is 79.1 Å². The van der Waals surface area contributed by atoms with Crippen LogP contribution in [0.1, 0.15) is 22.7 Å². The fourth-order valence-corrected chi connectivity index (χ4v) is 4.81. The molecule has 4 aromatic rings. The number of sulfonamides is 1. The first kappa shape index (κ1) is 20.9. The molecule has 2 heterocycles. The summed E-state index contributed by atoms with van der Waals surface area (Å²) in [5, 5.41) is 12.2. The van der Waals surface area contributed by atoms with Gasteiger partial charge in [-0.05, 0) is 29.8 Å². The molecule has 0 saturated heterocycles. The standard InChI is InChI=1S/C24H21N3O3S/c28-24(20-11-7-15-25-17-20,21-12-8-16-26-18-21)23(19-9-3-1-4-10-19)27-31(29,30)22-13-5-2-6-14-22/h1-18,23,27-28H. The third-order valence-corrected chi connectivity index (χ3v) is 6.52. The van der Waals surface area contributed by atoms with E-state index in [-0.39, 0.29) is 4.90 Å². The van der Waals surface area contributed by atoms with E-state index in [9.17, 15) is 13.5 Å². The number of hydrogen-bond donors (Lipinski definition) is 2. The molecular formula is C24H21N3O3S. The number of aliphatic hydroxyl groups is 1. The van der Waals surface area contributed by atoms with E-state index in [4.69, 9.17) is 0 Å². The maximum absolute atomic E-state index is 13.3. The Hall–Kier alpha value is -3.39. The van der Waals surface area contributed by atoms with Crippen LogP contribution < -0.4 is 4.72 Å². The van der Waals surface area contributed by atoms with Crippen LogP contribution in [0.5, 0.6) is 0 Å². The minimum atomic E-state index is -3.96. The average Bonchev–Trinajstić information content (AvgIpc) is 2.84. The maximum Gasteiger partial charge on any atom is 0.241 e. The Morgan fingerprint density at radius 2 is 1.26 bits per heavy atom. The van der Waals surface area contributed by atoms with Crippen LogP contribution in [0.25, 0.3) is 0 Å². The first-order chi connectivity index (χ1) is 15.0. The summed E-state index contributed by atoms with van der Waals surface area (Å²) < 4.78 is 29.3. The first-order valence-electron chi connectivity index (χ1n) is 9.67. The predicted octanol–water partition coefficient (Wildman–Crippen LogP) is 3.43. The lowest BCUT2D eigenvalue weighted by Crippen LogP contribution is -2.45. The van der Waals surface area contributed by atoms with Gasteiger partial charge in [0, 0.05) is 35.9 Å². The minimum absolute atomic E-state index is 0.107. The van der Waals surface area contributed by atoms with E-state index in [0.29, 0.717) is 16.7 Å². The zero-order valence-corrected chi connectivity index (χ0v) is 17.4. The molecule has 0 radical (unpaired) electrons. The summed E-state index contributed by atoms with van der Waals surface area (Å²) >= 11 is 0. The second kappa shape index (κ2) is 8.77. The summed E-state index contributed by atoms with van der Waals surface area (Å²) in [5.74, 6) is 0. The highest BCUT2D eigenvalue weighted by molar-refractivity contribution is 7.89. The number of aromatic nitrogens is 2. The summed E-state index contributed by atoms with van der Waals surface area (Å²) in [6.45, 7) is 0. The lowest BCUT2D eigenvalue weighted by Gasteiger charge is -2.37. The quantitative estimate of drug-likeness (QED) is 0.468. The number of nitrogens with one attached hydrogen (secondary N) is 1. The predicted molar refractivity (Wildman–Crippen MR) is 117 cm³/mol. The Morgan fingerprint density at radius 1 is 0.742 bits per heavy atom. The molecule has 1 unspecified atom stereocenters. The van der Waals surface area contributed by atoms with Crippen molar-refractivity contribution in [2.45, 2.75) is 16.5 Å². The van der Waals surface area contributed by atoms with Gasteiger partial charge < -0.3 is 5.11 Å². The Labute approximate surface area is 181 Å². The third-order valence-electron chi connectivity index (χ3n) is 5.08. The van der Waals surface area contributed by atoms with Gasteiger partial charge in [-0.3, -0.25) is 9.97 Å². The summed E-state index contributed by atoms with van der Waals surface area (Å²) in [4.78, 5) is 8.41. The van der Waals surface area contributed by atoms with Crippen molar-refractivity contribution < 1.29 is 13.5 Å². The van der Waals surface area contributed by atoms with Crippen molar-refractivity contribution in [3.63, 3.8) is 0 Å². The Kier molecular flexibility index (Phi) is 5.90. The summed E-state index contributed by atoms with van der Waals surface area (Å²) in [5.41, 5.74) is -0.302. The molecule has 0 fully saturated rings. The van der Waals surface area contributed by atoms with Gasteiger partial charge in [0.15, 0.2) is 0 Å². The van der Waals surface area contributed by atoms with Gasteiger partial charge in [-0.15, -0.1) is 0 Å². The van der Waals surface area contributed by atoms with E-state index in [2.05, 4.69) is 14.7 Å². The van der Waals surface area contributed by atoms with Crippen molar-refractivity contribution in [3.8, 4) is 0 Å². The van der Waals surface area contributed by atoms with Gasteiger partial charge in [-0.2, -0.15) is 4.72 Å². The van der Waals surface area contributed by atoms with E-state index < -0.39 is 21.7 Å². The molecule has 6 nitrogen and oxygen atoms in total. The summed E-state index contributed by atoms with van der Waals surface area (Å²) in [6, 6.07) is 22.8. The third kappa shape index (κ3) is 4.25. The molecule has 4 rings (SSSR count). The molecule has 0 spiro atoms. The molecule has 156 valence electrons. The monoisotopic (exact) mass is 431 g/mol. The number of benzene rings is 2. The SMILES string of the molecule is O=S(=O)(NC(c1ccccc1)C(O)(c1cccnc1)c1cccnc1)c1ccccc1. The van der Waals surface area contributed by atoms with Gasteiger partial charge in [-0.1, -0.05) is 60.7 Å².